The summed E-state index contributed by atoms with van der Waals surface area (Å²) in [7, 11) is 0. The largest absolute Gasteiger partial charge is 0.360 e. The van der Waals surface area contributed by atoms with Crippen LogP contribution in [0.4, 0.5) is 21.0 Å². The minimum atomic E-state index is -0.566. The Labute approximate surface area is 189 Å². The van der Waals surface area contributed by atoms with E-state index in [0.717, 1.165) is 23.1 Å². The van der Waals surface area contributed by atoms with E-state index in [1.165, 1.54) is 29.2 Å². The van der Waals surface area contributed by atoms with Crippen LogP contribution in [0.5, 0.6) is 0 Å². The lowest BCUT2D eigenvalue weighted by atomic mass is 10.1. The van der Waals surface area contributed by atoms with Crippen molar-refractivity contribution in [3.05, 3.63) is 41.9 Å². The molecule has 166 valence electrons. The van der Waals surface area contributed by atoms with Crippen molar-refractivity contribution >= 4 is 57.5 Å². The molecule has 3 aromatic rings. The molecule has 1 fully saturated rings. The van der Waals surface area contributed by atoms with Gasteiger partial charge in [-0.2, -0.15) is 0 Å². The van der Waals surface area contributed by atoms with Crippen LogP contribution < -0.4 is 15.5 Å². The summed E-state index contributed by atoms with van der Waals surface area (Å²) in [6.45, 7) is 1.91. The summed E-state index contributed by atoms with van der Waals surface area (Å²) in [5, 5.41) is 17.1. The molecule has 1 aromatic carbocycles. The fraction of sp³-hybridized carbons (Fsp3) is 0.263. The van der Waals surface area contributed by atoms with Gasteiger partial charge in [0.15, 0.2) is 10.2 Å². The van der Waals surface area contributed by atoms with Crippen molar-refractivity contribution in [2.45, 2.75) is 17.7 Å². The fourth-order valence-corrected chi connectivity index (χ4v) is 4.57. The van der Waals surface area contributed by atoms with Crippen molar-refractivity contribution in [3.63, 3.8) is 0 Å². The number of thioether (sulfide) groups is 1. The normalized spacial score (nSPS) is 15.8. The molecule has 1 aliphatic rings. The van der Waals surface area contributed by atoms with Crippen molar-refractivity contribution in [2.75, 3.05) is 27.8 Å². The first kappa shape index (κ1) is 21.9. The lowest BCUT2D eigenvalue weighted by Crippen LogP contribution is -2.28. The van der Waals surface area contributed by atoms with Gasteiger partial charge in [-0.15, -0.1) is 10.2 Å². The number of rotatable bonds is 7. The summed E-state index contributed by atoms with van der Waals surface area (Å²) in [6.07, 6.45) is 0.0469. The number of carbonyl (C=O) groups excluding carboxylic acids is 3. The van der Waals surface area contributed by atoms with Crippen LogP contribution in [0.15, 0.2) is 39.2 Å². The van der Waals surface area contributed by atoms with Crippen molar-refractivity contribution in [1.29, 1.82) is 0 Å². The van der Waals surface area contributed by atoms with Crippen LogP contribution in [0.25, 0.3) is 0 Å². The molecule has 0 saturated carbocycles. The highest BCUT2D eigenvalue weighted by molar-refractivity contribution is 8.01. The molecule has 4 rings (SSSR count). The highest BCUT2D eigenvalue weighted by atomic mass is 32.2. The summed E-state index contributed by atoms with van der Waals surface area (Å²) in [6, 6.07) is 7.14. The molecule has 0 spiro atoms. The number of nitrogens with one attached hydrogen (secondary N) is 2. The second-order valence-electron chi connectivity index (χ2n) is 6.90. The Morgan fingerprint density at radius 2 is 2.06 bits per heavy atom. The number of carbonyl (C=O) groups is 3. The van der Waals surface area contributed by atoms with Gasteiger partial charge in [-0.25, -0.2) is 4.39 Å². The number of aromatic nitrogens is 3. The van der Waals surface area contributed by atoms with Crippen LogP contribution >= 0.6 is 23.1 Å². The lowest BCUT2D eigenvalue weighted by molar-refractivity contribution is -0.122. The van der Waals surface area contributed by atoms with E-state index >= 15 is 0 Å². The van der Waals surface area contributed by atoms with Gasteiger partial charge in [0.1, 0.15) is 11.6 Å². The van der Waals surface area contributed by atoms with Crippen LogP contribution in [-0.4, -0.2) is 45.4 Å². The number of anilines is 3. The number of halogens is 1. The van der Waals surface area contributed by atoms with Crippen molar-refractivity contribution in [2.24, 2.45) is 5.92 Å². The Balaban J connectivity index is 1.27. The van der Waals surface area contributed by atoms with E-state index in [2.05, 4.69) is 26.0 Å². The molecular weight excluding hydrogens is 459 g/mol. The molecule has 0 bridgehead atoms. The first-order valence-electron chi connectivity index (χ1n) is 9.43. The average molecular weight is 477 g/mol. The topological polar surface area (TPSA) is 130 Å². The number of hydrogen-bond donors (Lipinski definition) is 2. The third kappa shape index (κ3) is 5.29. The second kappa shape index (κ2) is 9.44. The van der Waals surface area contributed by atoms with Crippen molar-refractivity contribution < 1.29 is 23.3 Å². The van der Waals surface area contributed by atoms with Gasteiger partial charge in [-0.3, -0.25) is 14.4 Å². The predicted octanol–water partition coefficient (Wildman–Crippen LogP) is 2.70. The first-order chi connectivity index (χ1) is 15.4. The molecule has 2 N–H and O–H groups in total. The first-order valence-corrected chi connectivity index (χ1v) is 11.2. The molecular formula is C19H17FN6O4S2. The van der Waals surface area contributed by atoms with E-state index < -0.39 is 11.7 Å². The molecule has 3 amide bonds. The van der Waals surface area contributed by atoms with E-state index in [4.69, 9.17) is 4.52 Å². The van der Waals surface area contributed by atoms with Gasteiger partial charge in [0.2, 0.25) is 22.9 Å². The molecule has 0 radical (unpaired) electrons. The fourth-order valence-electron chi connectivity index (χ4n) is 3.01. The minimum absolute atomic E-state index is 0.0469. The Kier molecular flexibility index (Phi) is 6.46. The Morgan fingerprint density at radius 1 is 1.28 bits per heavy atom. The molecule has 1 atom stereocenters. The molecule has 2 aromatic heterocycles. The van der Waals surface area contributed by atoms with Gasteiger partial charge in [0, 0.05) is 24.7 Å². The van der Waals surface area contributed by atoms with E-state index in [-0.39, 0.29) is 41.6 Å². The smallest absolute Gasteiger partial charge is 0.236 e. The maximum atomic E-state index is 13.1. The average Bonchev–Trinajstić information content (AvgIpc) is 3.48. The number of benzene rings is 1. The third-order valence-electron chi connectivity index (χ3n) is 4.49. The van der Waals surface area contributed by atoms with Gasteiger partial charge in [0.25, 0.3) is 0 Å². The van der Waals surface area contributed by atoms with Gasteiger partial charge in [-0.05, 0) is 31.2 Å². The van der Waals surface area contributed by atoms with E-state index in [9.17, 15) is 18.8 Å². The van der Waals surface area contributed by atoms with E-state index in [1.807, 2.05) is 0 Å². The maximum Gasteiger partial charge on any atom is 0.236 e. The SMILES string of the molecule is Cc1cc(NC(=O)CSc2nnc(NC(=O)[C@H]3CC(=O)N(c4ccc(F)cc4)C3)s2)no1. The lowest BCUT2D eigenvalue weighted by Gasteiger charge is -2.16. The quantitative estimate of drug-likeness (QED) is 0.393. The van der Waals surface area contributed by atoms with Crippen LogP contribution in [0.1, 0.15) is 12.2 Å². The Morgan fingerprint density at radius 3 is 2.78 bits per heavy atom. The Hall–Kier alpha value is -3.32. The van der Waals surface area contributed by atoms with E-state index in [0.29, 0.717) is 21.6 Å². The van der Waals surface area contributed by atoms with Crippen molar-refractivity contribution in [3.8, 4) is 0 Å². The highest BCUT2D eigenvalue weighted by Gasteiger charge is 2.35. The number of aryl methyl sites for hydroxylation is 1. The monoisotopic (exact) mass is 476 g/mol. The van der Waals surface area contributed by atoms with Gasteiger partial charge >= 0.3 is 0 Å². The zero-order chi connectivity index (χ0) is 22.7. The van der Waals surface area contributed by atoms with Gasteiger partial charge < -0.3 is 20.1 Å². The zero-order valence-electron chi connectivity index (χ0n) is 16.7. The Bertz CT molecular complexity index is 1150. The van der Waals surface area contributed by atoms with Crippen LogP contribution in [0, 0.1) is 18.7 Å². The van der Waals surface area contributed by atoms with E-state index in [1.54, 1.807) is 13.0 Å². The second-order valence-corrected chi connectivity index (χ2v) is 9.10. The van der Waals surface area contributed by atoms with Crippen molar-refractivity contribution in [1.82, 2.24) is 15.4 Å². The summed E-state index contributed by atoms with van der Waals surface area (Å²) >= 11 is 2.29. The summed E-state index contributed by atoms with van der Waals surface area (Å²) < 4.78 is 18.5. The van der Waals surface area contributed by atoms with Crippen LogP contribution in [0.2, 0.25) is 0 Å². The summed E-state index contributed by atoms with van der Waals surface area (Å²) in [5.74, 6) is -0.808. The molecule has 13 heteroatoms. The zero-order valence-corrected chi connectivity index (χ0v) is 18.3. The summed E-state index contributed by atoms with van der Waals surface area (Å²) in [4.78, 5) is 38.3. The number of nitrogens with zero attached hydrogens (tertiary/aromatic N) is 4. The molecule has 10 nitrogen and oxygen atoms in total. The molecule has 3 heterocycles. The van der Waals surface area contributed by atoms with Crippen LogP contribution in [-0.2, 0) is 14.4 Å². The molecule has 0 aliphatic carbocycles. The highest BCUT2D eigenvalue weighted by Crippen LogP contribution is 2.29. The number of amides is 3. The minimum Gasteiger partial charge on any atom is -0.360 e. The molecule has 1 aliphatic heterocycles. The number of hydrogen-bond acceptors (Lipinski definition) is 9. The van der Waals surface area contributed by atoms with Gasteiger partial charge in [0.05, 0.1) is 11.7 Å². The van der Waals surface area contributed by atoms with Gasteiger partial charge in [-0.1, -0.05) is 28.3 Å². The maximum absolute atomic E-state index is 13.1. The standard InChI is InChI=1S/C19H17FN6O4S2/c1-10-6-14(25-30-10)21-15(27)9-31-19-24-23-18(32-19)22-17(29)11-7-16(28)26(8-11)13-4-2-12(20)3-5-13/h2-6,11H,7-9H2,1H3,(H,21,25,27)(H,22,23,29)/t11-/m0/s1. The summed E-state index contributed by atoms with van der Waals surface area (Å²) in [5.41, 5.74) is 0.542. The molecule has 0 unspecified atom stereocenters. The van der Waals surface area contributed by atoms with Crippen LogP contribution in [0.3, 0.4) is 0 Å². The third-order valence-corrected chi connectivity index (χ3v) is 6.46. The molecule has 32 heavy (non-hydrogen) atoms. The molecule has 1 saturated heterocycles. The predicted molar refractivity (Wildman–Crippen MR) is 116 cm³/mol.